The molecule has 2 aromatic rings. The number of aromatic nitrogens is 1. The minimum atomic E-state index is 0.533. The van der Waals surface area contributed by atoms with Crippen molar-refractivity contribution in [2.45, 2.75) is 6.54 Å². The summed E-state index contributed by atoms with van der Waals surface area (Å²) in [7, 11) is 4.15. The smallest absolute Gasteiger partial charge is 0.131 e. The van der Waals surface area contributed by atoms with Crippen molar-refractivity contribution in [1.82, 2.24) is 9.88 Å². The Morgan fingerprint density at radius 2 is 1.70 bits per heavy atom. The third-order valence-corrected chi connectivity index (χ3v) is 3.27. The fourth-order valence-corrected chi connectivity index (χ4v) is 2.13. The number of halogens is 1. The van der Waals surface area contributed by atoms with E-state index in [9.17, 15) is 0 Å². The Kier molecular flexibility index (Phi) is 5.39. The molecule has 0 fully saturated rings. The van der Waals surface area contributed by atoms with E-state index in [-0.39, 0.29) is 0 Å². The average molecular weight is 290 g/mol. The molecule has 2 rings (SSSR count). The van der Waals surface area contributed by atoms with Crippen molar-refractivity contribution in [3.63, 3.8) is 0 Å². The predicted octanol–water partition coefficient (Wildman–Crippen LogP) is 3.30. The molecule has 20 heavy (non-hydrogen) atoms. The lowest BCUT2D eigenvalue weighted by molar-refractivity contribution is 0.412. The highest BCUT2D eigenvalue weighted by molar-refractivity contribution is 6.29. The zero-order valence-electron chi connectivity index (χ0n) is 12.0. The van der Waals surface area contributed by atoms with E-state index >= 15 is 0 Å². The van der Waals surface area contributed by atoms with Crippen LogP contribution in [0, 0.1) is 0 Å². The molecule has 0 aliphatic heterocycles. The van der Waals surface area contributed by atoms with Crippen LogP contribution in [0.3, 0.4) is 0 Å². The van der Waals surface area contributed by atoms with Gasteiger partial charge in [-0.05, 0) is 31.8 Å². The Balaban J connectivity index is 2.16. The molecule has 0 atom stereocenters. The number of anilines is 1. The standard InChI is InChI=1S/C16H20ClN3/c1-19(2)11-12-20(13-14-7-4-3-5-8-14)16-10-6-9-15(17)18-16/h3-10H,11-13H2,1-2H3. The number of nitrogens with zero attached hydrogens (tertiary/aromatic N) is 3. The van der Waals surface area contributed by atoms with Gasteiger partial charge in [0.25, 0.3) is 0 Å². The van der Waals surface area contributed by atoms with Crippen LogP contribution < -0.4 is 4.90 Å². The first kappa shape index (κ1) is 14.8. The van der Waals surface area contributed by atoms with Crippen LogP contribution >= 0.6 is 11.6 Å². The third-order valence-electron chi connectivity index (χ3n) is 3.06. The largest absolute Gasteiger partial charge is 0.351 e. The normalized spacial score (nSPS) is 10.8. The van der Waals surface area contributed by atoms with Gasteiger partial charge in [-0.1, -0.05) is 48.0 Å². The first-order valence-corrected chi connectivity index (χ1v) is 7.09. The van der Waals surface area contributed by atoms with Crippen LogP contribution in [0.5, 0.6) is 0 Å². The van der Waals surface area contributed by atoms with Crippen molar-refractivity contribution in [3.8, 4) is 0 Å². The predicted molar refractivity (Wildman–Crippen MR) is 85.3 cm³/mol. The Hall–Kier alpha value is -1.58. The molecule has 0 N–H and O–H groups in total. The lowest BCUT2D eigenvalue weighted by Gasteiger charge is -2.25. The van der Waals surface area contributed by atoms with E-state index in [1.165, 1.54) is 5.56 Å². The fraction of sp³-hybridized carbons (Fsp3) is 0.312. The van der Waals surface area contributed by atoms with Gasteiger partial charge < -0.3 is 9.80 Å². The minimum Gasteiger partial charge on any atom is -0.351 e. The quantitative estimate of drug-likeness (QED) is 0.761. The Labute approximate surface area is 125 Å². The van der Waals surface area contributed by atoms with Gasteiger partial charge in [-0.3, -0.25) is 0 Å². The maximum Gasteiger partial charge on any atom is 0.131 e. The number of hydrogen-bond donors (Lipinski definition) is 0. The fourth-order valence-electron chi connectivity index (χ4n) is 1.97. The van der Waals surface area contributed by atoms with Crippen molar-refractivity contribution < 1.29 is 0 Å². The van der Waals surface area contributed by atoms with E-state index in [1.54, 1.807) is 6.07 Å². The molecule has 0 aliphatic carbocycles. The first-order chi connectivity index (χ1) is 9.65. The van der Waals surface area contributed by atoms with Crippen LogP contribution in [0.4, 0.5) is 5.82 Å². The van der Waals surface area contributed by atoms with E-state index in [2.05, 4.69) is 53.1 Å². The van der Waals surface area contributed by atoms with Gasteiger partial charge in [0.2, 0.25) is 0 Å². The van der Waals surface area contributed by atoms with Gasteiger partial charge in [0.15, 0.2) is 0 Å². The van der Waals surface area contributed by atoms with Crippen LogP contribution in [0.2, 0.25) is 5.15 Å². The van der Waals surface area contributed by atoms with Gasteiger partial charge in [-0.15, -0.1) is 0 Å². The molecule has 0 amide bonds. The Morgan fingerprint density at radius 3 is 2.35 bits per heavy atom. The molecule has 0 spiro atoms. The molecule has 1 aromatic heterocycles. The molecule has 0 radical (unpaired) electrons. The van der Waals surface area contributed by atoms with Crippen molar-refractivity contribution in [2.75, 3.05) is 32.1 Å². The Bertz CT molecular complexity index is 528. The summed E-state index contributed by atoms with van der Waals surface area (Å²) in [6, 6.07) is 16.2. The Morgan fingerprint density at radius 1 is 0.950 bits per heavy atom. The topological polar surface area (TPSA) is 19.4 Å². The van der Waals surface area contributed by atoms with E-state index in [1.807, 2.05) is 18.2 Å². The maximum absolute atomic E-state index is 6.01. The van der Waals surface area contributed by atoms with Crippen LogP contribution in [-0.2, 0) is 6.54 Å². The first-order valence-electron chi connectivity index (χ1n) is 6.71. The number of pyridine rings is 1. The van der Waals surface area contributed by atoms with Crippen LogP contribution in [0.15, 0.2) is 48.5 Å². The molecular formula is C16H20ClN3. The van der Waals surface area contributed by atoms with Gasteiger partial charge in [-0.2, -0.15) is 0 Å². The summed E-state index contributed by atoms with van der Waals surface area (Å²) in [5.74, 6) is 0.920. The molecule has 4 heteroatoms. The van der Waals surface area contributed by atoms with E-state index < -0.39 is 0 Å². The molecule has 3 nitrogen and oxygen atoms in total. The zero-order chi connectivity index (χ0) is 14.4. The SMILES string of the molecule is CN(C)CCN(Cc1ccccc1)c1cccc(Cl)n1. The van der Waals surface area contributed by atoms with Crippen molar-refractivity contribution in [3.05, 3.63) is 59.2 Å². The molecule has 0 bridgehead atoms. The number of rotatable bonds is 6. The maximum atomic E-state index is 6.01. The molecule has 0 aliphatic rings. The van der Waals surface area contributed by atoms with Crippen molar-refractivity contribution in [1.29, 1.82) is 0 Å². The second-order valence-electron chi connectivity index (χ2n) is 5.03. The lowest BCUT2D eigenvalue weighted by atomic mass is 10.2. The summed E-state index contributed by atoms with van der Waals surface area (Å²) in [5, 5.41) is 0.533. The number of hydrogen-bond acceptors (Lipinski definition) is 3. The molecule has 0 unspecified atom stereocenters. The molecule has 1 heterocycles. The van der Waals surface area contributed by atoms with Crippen LogP contribution in [0.25, 0.3) is 0 Å². The molecule has 1 aromatic carbocycles. The second kappa shape index (κ2) is 7.27. The number of benzene rings is 1. The van der Waals surface area contributed by atoms with Crippen molar-refractivity contribution >= 4 is 17.4 Å². The van der Waals surface area contributed by atoms with Gasteiger partial charge in [-0.25, -0.2) is 4.98 Å². The highest BCUT2D eigenvalue weighted by atomic mass is 35.5. The van der Waals surface area contributed by atoms with E-state index in [4.69, 9.17) is 11.6 Å². The van der Waals surface area contributed by atoms with Crippen molar-refractivity contribution in [2.24, 2.45) is 0 Å². The summed E-state index contributed by atoms with van der Waals surface area (Å²) in [5.41, 5.74) is 1.27. The van der Waals surface area contributed by atoms with Crippen LogP contribution in [-0.4, -0.2) is 37.1 Å². The van der Waals surface area contributed by atoms with Gasteiger partial charge in [0.05, 0.1) is 0 Å². The van der Waals surface area contributed by atoms with Gasteiger partial charge in [0.1, 0.15) is 11.0 Å². The summed E-state index contributed by atoms with van der Waals surface area (Å²) in [6.07, 6.45) is 0. The van der Waals surface area contributed by atoms with Gasteiger partial charge >= 0.3 is 0 Å². The minimum absolute atomic E-state index is 0.533. The average Bonchev–Trinajstić information content (AvgIpc) is 2.44. The highest BCUT2D eigenvalue weighted by Gasteiger charge is 2.09. The molecule has 106 valence electrons. The summed E-state index contributed by atoms with van der Waals surface area (Å²) >= 11 is 6.01. The summed E-state index contributed by atoms with van der Waals surface area (Å²) in [4.78, 5) is 8.84. The lowest BCUT2D eigenvalue weighted by Crippen LogP contribution is -2.31. The van der Waals surface area contributed by atoms with E-state index in [0.29, 0.717) is 5.15 Å². The zero-order valence-corrected chi connectivity index (χ0v) is 12.7. The third kappa shape index (κ3) is 4.51. The molecule has 0 saturated heterocycles. The molecular weight excluding hydrogens is 270 g/mol. The monoisotopic (exact) mass is 289 g/mol. The highest BCUT2D eigenvalue weighted by Crippen LogP contribution is 2.17. The molecule has 0 saturated carbocycles. The van der Waals surface area contributed by atoms with E-state index in [0.717, 1.165) is 25.5 Å². The van der Waals surface area contributed by atoms with Gasteiger partial charge in [0, 0.05) is 19.6 Å². The second-order valence-corrected chi connectivity index (χ2v) is 5.42. The summed E-state index contributed by atoms with van der Waals surface area (Å²) < 4.78 is 0. The summed E-state index contributed by atoms with van der Waals surface area (Å²) in [6.45, 7) is 2.72. The number of likely N-dealkylation sites (N-methyl/N-ethyl adjacent to an activating group) is 1. The van der Waals surface area contributed by atoms with Crippen LogP contribution in [0.1, 0.15) is 5.56 Å².